The topological polar surface area (TPSA) is 36.0 Å². The van der Waals surface area contributed by atoms with E-state index in [0.717, 1.165) is 64.6 Å². The van der Waals surface area contributed by atoms with E-state index in [9.17, 15) is 4.79 Å². The lowest BCUT2D eigenvalue weighted by Gasteiger charge is -2.36. The number of anilines is 1. The molecule has 1 amide bonds. The number of benzene rings is 2. The number of carbonyl (C=O) groups is 1. The van der Waals surface area contributed by atoms with Crippen molar-refractivity contribution in [1.82, 2.24) is 9.80 Å². The Hall–Kier alpha value is -2.37. The van der Waals surface area contributed by atoms with Crippen LogP contribution < -0.4 is 4.90 Å². The maximum Gasteiger partial charge on any atom is 0.253 e. The third-order valence-corrected chi connectivity index (χ3v) is 5.37. The van der Waals surface area contributed by atoms with Gasteiger partial charge in [-0.25, -0.2) is 0 Å². The van der Waals surface area contributed by atoms with Crippen molar-refractivity contribution < 1.29 is 9.53 Å². The zero-order valence-electron chi connectivity index (χ0n) is 15.7. The van der Waals surface area contributed by atoms with Crippen LogP contribution in [0.1, 0.15) is 15.9 Å². The molecule has 0 aliphatic carbocycles. The Bertz CT molecular complexity index is 751. The van der Waals surface area contributed by atoms with Crippen LogP contribution in [0.5, 0.6) is 0 Å². The predicted molar refractivity (Wildman–Crippen MR) is 107 cm³/mol. The minimum absolute atomic E-state index is 0.145. The van der Waals surface area contributed by atoms with Crippen molar-refractivity contribution in [2.24, 2.45) is 0 Å². The number of hydrogen-bond donors (Lipinski definition) is 0. The molecular weight excluding hydrogens is 338 g/mol. The van der Waals surface area contributed by atoms with Gasteiger partial charge in [0.15, 0.2) is 0 Å². The Balaban J connectivity index is 1.36. The second-order valence-electron chi connectivity index (χ2n) is 7.20. The van der Waals surface area contributed by atoms with Gasteiger partial charge in [-0.2, -0.15) is 0 Å². The number of amides is 1. The summed E-state index contributed by atoms with van der Waals surface area (Å²) < 4.78 is 5.41. The van der Waals surface area contributed by atoms with Crippen LogP contribution in [0.4, 0.5) is 5.69 Å². The highest BCUT2D eigenvalue weighted by Crippen LogP contribution is 2.18. The highest BCUT2D eigenvalue weighted by atomic mass is 16.5. The van der Waals surface area contributed by atoms with Crippen LogP contribution in [0.25, 0.3) is 0 Å². The first kappa shape index (κ1) is 18.0. The molecule has 2 aromatic carbocycles. The zero-order valence-corrected chi connectivity index (χ0v) is 15.7. The fourth-order valence-electron chi connectivity index (χ4n) is 3.81. The van der Waals surface area contributed by atoms with Gasteiger partial charge in [0.05, 0.1) is 13.2 Å². The van der Waals surface area contributed by atoms with Gasteiger partial charge in [0, 0.05) is 57.1 Å². The summed E-state index contributed by atoms with van der Waals surface area (Å²) in [5.41, 5.74) is 3.23. The van der Waals surface area contributed by atoms with Crippen molar-refractivity contribution >= 4 is 11.6 Å². The zero-order chi connectivity index (χ0) is 18.5. The third-order valence-electron chi connectivity index (χ3n) is 5.37. The number of nitrogens with zero attached hydrogens (tertiary/aromatic N) is 3. The van der Waals surface area contributed by atoms with Crippen molar-refractivity contribution in [2.45, 2.75) is 6.54 Å². The molecule has 2 fully saturated rings. The normalized spacial score (nSPS) is 18.5. The molecule has 5 heteroatoms. The lowest BCUT2D eigenvalue weighted by Crippen LogP contribution is -2.48. The molecule has 0 spiro atoms. The number of piperazine rings is 1. The molecule has 2 aromatic rings. The molecule has 2 aliphatic rings. The number of morpholine rings is 1. The van der Waals surface area contributed by atoms with Crippen molar-refractivity contribution in [1.29, 1.82) is 0 Å². The van der Waals surface area contributed by atoms with Gasteiger partial charge < -0.3 is 14.5 Å². The maximum atomic E-state index is 13.0. The summed E-state index contributed by atoms with van der Waals surface area (Å²) in [6.07, 6.45) is 0. The van der Waals surface area contributed by atoms with Crippen LogP contribution in [0.3, 0.4) is 0 Å². The average molecular weight is 365 g/mol. The fraction of sp³-hybridized carbons (Fsp3) is 0.409. The van der Waals surface area contributed by atoms with E-state index in [2.05, 4.69) is 46.2 Å². The third kappa shape index (κ3) is 4.49. The summed E-state index contributed by atoms with van der Waals surface area (Å²) >= 11 is 0. The minimum Gasteiger partial charge on any atom is -0.379 e. The lowest BCUT2D eigenvalue weighted by atomic mass is 10.1. The van der Waals surface area contributed by atoms with Gasteiger partial charge in [0.25, 0.3) is 5.91 Å². The van der Waals surface area contributed by atoms with Gasteiger partial charge in [-0.3, -0.25) is 9.69 Å². The summed E-state index contributed by atoms with van der Waals surface area (Å²) in [7, 11) is 0. The lowest BCUT2D eigenvalue weighted by molar-refractivity contribution is 0.0341. The van der Waals surface area contributed by atoms with Crippen molar-refractivity contribution in [3.05, 3.63) is 65.7 Å². The largest absolute Gasteiger partial charge is 0.379 e. The van der Waals surface area contributed by atoms with Crippen LogP contribution in [-0.2, 0) is 11.3 Å². The molecule has 0 bridgehead atoms. The number of hydrogen-bond acceptors (Lipinski definition) is 4. The molecule has 27 heavy (non-hydrogen) atoms. The molecule has 2 saturated heterocycles. The average Bonchev–Trinajstić information content (AvgIpc) is 2.75. The summed E-state index contributed by atoms with van der Waals surface area (Å²) in [6.45, 7) is 7.68. The van der Waals surface area contributed by atoms with Crippen molar-refractivity contribution in [3.8, 4) is 0 Å². The molecule has 0 N–H and O–H groups in total. The first-order valence-corrected chi connectivity index (χ1v) is 9.78. The SMILES string of the molecule is O=C(c1cccc(CN2CCOCC2)c1)N1CCN(c2ccccc2)CC1. The van der Waals surface area contributed by atoms with Gasteiger partial charge in [-0.05, 0) is 29.8 Å². The van der Waals surface area contributed by atoms with E-state index in [-0.39, 0.29) is 5.91 Å². The number of rotatable bonds is 4. The molecule has 2 aliphatic heterocycles. The molecule has 0 atom stereocenters. The smallest absolute Gasteiger partial charge is 0.253 e. The number of carbonyl (C=O) groups excluding carboxylic acids is 1. The van der Waals surface area contributed by atoms with E-state index in [4.69, 9.17) is 4.74 Å². The van der Waals surface area contributed by atoms with Crippen LogP contribution in [0.2, 0.25) is 0 Å². The first-order valence-electron chi connectivity index (χ1n) is 9.78. The molecule has 0 unspecified atom stereocenters. The highest BCUT2D eigenvalue weighted by Gasteiger charge is 2.22. The standard InChI is InChI=1S/C22H27N3O2/c26-22(25-11-9-24(10-12-25)21-7-2-1-3-8-21)20-6-4-5-19(17-20)18-23-13-15-27-16-14-23/h1-8,17H,9-16,18H2. The van der Waals surface area contributed by atoms with Gasteiger partial charge in [-0.1, -0.05) is 30.3 Å². The summed E-state index contributed by atoms with van der Waals surface area (Å²) in [6, 6.07) is 18.5. The van der Waals surface area contributed by atoms with Crippen molar-refractivity contribution in [3.63, 3.8) is 0 Å². The van der Waals surface area contributed by atoms with E-state index in [0.29, 0.717) is 0 Å². The first-order chi connectivity index (χ1) is 13.3. The molecule has 2 heterocycles. The number of para-hydroxylation sites is 1. The Morgan fingerprint density at radius 1 is 0.852 bits per heavy atom. The van der Waals surface area contributed by atoms with E-state index >= 15 is 0 Å². The van der Waals surface area contributed by atoms with Gasteiger partial charge >= 0.3 is 0 Å². The van der Waals surface area contributed by atoms with Crippen LogP contribution in [0.15, 0.2) is 54.6 Å². The van der Waals surface area contributed by atoms with E-state index in [1.165, 1.54) is 11.3 Å². The Labute approximate surface area is 161 Å². The van der Waals surface area contributed by atoms with E-state index < -0.39 is 0 Å². The highest BCUT2D eigenvalue weighted by molar-refractivity contribution is 5.94. The van der Waals surface area contributed by atoms with Gasteiger partial charge in [0.1, 0.15) is 0 Å². The van der Waals surface area contributed by atoms with Crippen LogP contribution in [-0.4, -0.2) is 68.2 Å². The predicted octanol–water partition coefficient (Wildman–Crippen LogP) is 2.48. The quantitative estimate of drug-likeness (QED) is 0.834. The molecule has 4 rings (SSSR count). The summed E-state index contributed by atoms with van der Waals surface area (Å²) in [4.78, 5) is 19.7. The van der Waals surface area contributed by atoms with Gasteiger partial charge in [0.2, 0.25) is 0 Å². The molecule has 142 valence electrons. The summed E-state index contributed by atoms with van der Waals surface area (Å²) in [5.74, 6) is 0.145. The molecule has 0 radical (unpaired) electrons. The Morgan fingerprint density at radius 3 is 2.33 bits per heavy atom. The monoisotopic (exact) mass is 365 g/mol. The number of ether oxygens (including phenoxy) is 1. The van der Waals surface area contributed by atoms with E-state index in [1.807, 2.05) is 23.1 Å². The van der Waals surface area contributed by atoms with Gasteiger partial charge in [-0.15, -0.1) is 0 Å². The second-order valence-corrected chi connectivity index (χ2v) is 7.20. The van der Waals surface area contributed by atoms with Crippen molar-refractivity contribution in [2.75, 3.05) is 57.4 Å². The molecule has 0 aromatic heterocycles. The molecular formula is C22H27N3O2. The van der Waals surface area contributed by atoms with Crippen LogP contribution >= 0.6 is 0 Å². The van der Waals surface area contributed by atoms with Crippen LogP contribution in [0, 0.1) is 0 Å². The fourth-order valence-corrected chi connectivity index (χ4v) is 3.81. The second kappa shape index (κ2) is 8.55. The maximum absolute atomic E-state index is 13.0. The van der Waals surface area contributed by atoms with E-state index in [1.54, 1.807) is 0 Å². The summed E-state index contributed by atoms with van der Waals surface area (Å²) in [5, 5.41) is 0. The Kier molecular flexibility index (Phi) is 5.70. The Morgan fingerprint density at radius 2 is 1.59 bits per heavy atom. The molecule has 5 nitrogen and oxygen atoms in total. The molecule has 0 saturated carbocycles. The minimum atomic E-state index is 0.145.